The highest BCUT2D eigenvalue weighted by Crippen LogP contribution is 2.77. The largest absolute Gasteiger partial charge is 0.481 e. The van der Waals surface area contributed by atoms with Gasteiger partial charge in [-0.15, -0.1) is 0 Å². The number of carboxylic acid groups (broad SMARTS) is 1. The predicted octanol–water partition coefficient (Wildman–Crippen LogP) is 7.13. The first-order valence-electron chi connectivity index (χ1n) is 17.9. The van der Waals surface area contributed by atoms with Crippen LogP contribution in [0.15, 0.2) is 12.2 Å². The number of nitrogens with two attached hydrogens (primary N) is 1. The van der Waals surface area contributed by atoms with Gasteiger partial charge in [0.2, 0.25) is 5.91 Å². The minimum absolute atomic E-state index is 0.116. The number of carbonyl (C=O) groups is 3. The molecule has 0 aliphatic heterocycles. The van der Waals surface area contributed by atoms with Crippen molar-refractivity contribution in [1.82, 2.24) is 5.32 Å². The molecule has 7 heteroatoms. The lowest BCUT2D eigenvalue weighted by Crippen LogP contribution is -2.67. The van der Waals surface area contributed by atoms with Crippen molar-refractivity contribution < 1.29 is 24.2 Å². The third-order valence-corrected chi connectivity index (χ3v) is 15.3. The van der Waals surface area contributed by atoms with Crippen molar-refractivity contribution in [3.05, 3.63) is 12.2 Å². The highest BCUT2D eigenvalue weighted by molar-refractivity contribution is 5.84. The minimum atomic E-state index is -1.14. The number of carbonyl (C=O) groups excluding carboxylic acids is 2. The molecule has 10 atom stereocenters. The second kappa shape index (κ2) is 11.4. The Bertz CT molecular complexity index is 1230. The van der Waals surface area contributed by atoms with E-state index < -0.39 is 17.4 Å². The highest BCUT2D eigenvalue weighted by atomic mass is 16.5. The van der Waals surface area contributed by atoms with Crippen LogP contribution in [0, 0.1) is 62.1 Å². The lowest BCUT2D eigenvalue weighted by atomic mass is 9.32. The van der Waals surface area contributed by atoms with Crippen molar-refractivity contribution in [2.24, 2.45) is 67.8 Å². The Morgan fingerprint density at radius 3 is 2.22 bits per heavy atom. The standard InChI is InChI=1S/C38H62N2O5/c1-23(2)24-12-17-38(31(42)40-21-20-39)19-18-36(8)25(30(24)38)10-11-27-35(7)15-14-28(45-29(41)22-33(3,4)32(43)44)34(5,6)26(35)13-16-37(27,36)9/h24-28,30H,1,10-22,39H2,2-9H3,(H,40,42)(H,43,44)/t24-,25+,26-,27+,28-,30+,35-,36+,37+,38-/m0/s1. The molecule has 0 aromatic heterocycles. The first kappa shape index (κ1) is 34.4. The van der Waals surface area contributed by atoms with Gasteiger partial charge in [0.25, 0.3) is 0 Å². The molecular weight excluding hydrogens is 564 g/mol. The fourth-order valence-electron chi connectivity index (χ4n) is 12.7. The Morgan fingerprint density at radius 1 is 0.911 bits per heavy atom. The van der Waals surface area contributed by atoms with E-state index in [1.54, 1.807) is 13.8 Å². The number of amides is 1. The van der Waals surface area contributed by atoms with Crippen LogP contribution >= 0.6 is 0 Å². The molecule has 0 aromatic carbocycles. The van der Waals surface area contributed by atoms with Gasteiger partial charge in [-0.2, -0.15) is 0 Å². The van der Waals surface area contributed by atoms with Crippen molar-refractivity contribution in [1.29, 1.82) is 0 Å². The summed E-state index contributed by atoms with van der Waals surface area (Å²) in [4.78, 5) is 38.6. The van der Waals surface area contributed by atoms with E-state index in [4.69, 9.17) is 10.5 Å². The Labute approximate surface area is 272 Å². The van der Waals surface area contributed by atoms with Gasteiger partial charge in [-0.05, 0) is 131 Å². The van der Waals surface area contributed by atoms with Gasteiger partial charge < -0.3 is 20.9 Å². The van der Waals surface area contributed by atoms with E-state index in [1.807, 2.05) is 0 Å². The zero-order valence-electron chi connectivity index (χ0n) is 29.5. The van der Waals surface area contributed by atoms with Crippen molar-refractivity contribution in [3.63, 3.8) is 0 Å². The maximum Gasteiger partial charge on any atom is 0.309 e. The molecule has 0 aromatic rings. The van der Waals surface area contributed by atoms with E-state index >= 15 is 0 Å². The van der Waals surface area contributed by atoms with E-state index in [9.17, 15) is 19.5 Å². The monoisotopic (exact) mass is 626 g/mol. The van der Waals surface area contributed by atoms with Gasteiger partial charge >= 0.3 is 11.9 Å². The number of rotatable bonds is 8. The number of aliphatic carboxylic acids is 1. The van der Waals surface area contributed by atoms with Crippen LogP contribution in [0.3, 0.4) is 0 Å². The molecule has 0 heterocycles. The van der Waals surface area contributed by atoms with Crippen LogP contribution in [0.1, 0.15) is 126 Å². The van der Waals surface area contributed by atoms with Crippen molar-refractivity contribution in [3.8, 4) is 0 Å². The number of carboxylic acids is 1. The molecule has 7 nitrogen and oxygen atoms in total. The molecule has 254 valence electrons. The average Bonchev–Trinajstić information content (AvgIpc) is 3.34. The van der Waals surface area contributed by atoms with Gasteiger partial charge in [0.15, 0.2) is 0 Å². The van der Waals surface area contributed by atoms with E-state index in [0.717, 1.165) is 57.8 Å². The number of nitrogens with one attached hydrogen (secondary N) is 1. The molecule has 45 heavy (non-hydrogen) atoms. The Morgan fingerprint density at radius 2 is 1.60 bits per heavy atom. The molecule has 5 fully saturated rings. The van der Waals surface area contributed by atoms with Crippen molar-refractivity contribution in [2.45, 2.75) is 132 Å². The summed E-state index contributed by atoms with van der Waals surface area (Å²) < 4.78 is 6.14. The molecule has 1 amide bonds. The summed E-state index contributed by atoms with van der Waals surface area (Å²) >= 11 is 0. The van der Waals surface area contributed by atoms with Crippen molar-refractivity contribution in [2.75, 3.05) is 13.1 Å². The SMILES string of the molecule is C=C(C)[C@@H]1CC[C@]2(C(=O)NCCN)CC[C@]3(C)[C@H](CC[C@@H]4[C@@]5(C)CC[C@H](OC(=O)CC(C)(C)C(=O)O)C(C)(C)[C@@H]5CC[C@]43C)[C@@H]12. The summed E-state index contributed by atoms with van der Waals surface area (Å²) in [5.41, 5.74) is 5.82. The second-order valence-electron chi connectivity index (χ2n) is 18.1. The number of hydrogen-bond donors (Lipinski definition) is 3. The Hall–Kier alpha value is -1.89. The molecule has 5 aliphatic carbocycles. The summed E-state index contributed by atoms with van der Waals surface area (Å²) in [6, 6.07) is 0. The van der Waals surface area contributed by atoms with Crippen LogP contribution in [-0.2, 0) is 19.1 Å². The van der Waals surface area contributed by atoms with Gasteiger partial charge in [0.1, 0.15) is 6.10 Å². The van der Waals surface area contributed by atoms with Crippen LogP contribution in [0.25, 0.3) is 0 Å². The number of fused-ring (bicyclic) bond motifs is 7. The average molecular weight is 627 g/mol. The van der Waals surface area contributed by atoms with Crippen LogP contribution in [0.2, 0.25) is 0 Å². The number of ether oxygens (including phenoxy) is 1. The summed E-state index contributed by atoms with van der Waals surface area (Å²) in [6.45, 7) is 23.1. The molecular formula is C38H62N2O5. The maximum atomic E-state index is 13.9. The molecule has 5 rings (SSSR count). The fourth-order valence-corrected chi connectivity index (χ4v) is 12.7. The first-order valence-corrected chi connectivity index (χ1v) is 17.9. The zero-order chi connectivity index (χ0) is 33.4. The topological polar surface area (TPSA) is 119 Å². The molecule has 5 aliphatic rings. The summed E-state index contributed by atoms with van der Waals surface area (Å²) in [6.07, 6.45) is 10.1. The van der Waals surface area contributed by atoms with E-state index in [2.05, 4.69) is 53.4 Å². The fraction of sp³-hybridized carbons (Fsp3) is 0.868. The number of esters is 1. The van der Waals surface area contributed by atoms with Crippen LogP contribution in [0.4, 0.5) is 0 Å². The van der Waals surface area contributed by atoms with Gasteiger partial charge in [-0.25, -0.2) is 0 Å². The van der Waals surface area contributed by atoms with E-state index in [-0.39, 0.29) is 45.5 Å². The normalized spacial score (nSPS) is 43.6. The Kier molecular flexibility index (Phi) is 8.70. The van der Waals surface area contributed by atoms with Crippen LogP contribution in [-0.4, -0.2) is 42.1 Å². The first-order chi connectivity index (χ1) is 20.8. The van der Waals surface area contributed by atoms with E-state index in [1.165, 1.54) is 12.0 Å². The molecule has 0 unspecified atom stereocenters. The lowest BCUT2D eigenvalue weighted by molar-refractivity contribution is -0.249. The second-order valence-corrected chi connectivity index (χ2v) is 18.1. The summed E-state index contributed by atoms with van der Waals surface area (Å²) in [5.74, 6) is 1.04. The van der Waals surface area contributed by atoms with Gasteiger partial charge in [0, 0.05) is 18.5 Å². The quantitative estimate of drug-likeness (QED) is 0.195. The number of allylic oxidation sites excluding steroid dienone is 1. The third kappa shape index (κ3) is 5.03. The lowest BCUT2D eigenvalue weighted by Gasteiger charge is -2.72. The highest BCUT2D eigenvalue weighted by Gasteiger charge is 2.72. The molecule has 5 saturated carbocycles. The third-order valence-electron chi connectivity index (χ3n) is 15.3. The van der Waals surface area contributed by atoms with Gasteiger partial charge in [0.05, 0.1) is 17.3 Å². The molecule has 0 saturated heterocycles. The van der Waals surface area contributed by atoms with Crippen molar-refractivity contribution >= 4 is 17.8 Å². The van der Waals surface area contributed by atoms with Crippen LogP contribution in [0.5, 0.6) is 0 Å². The summed E-state index contributed by atoms with van der Waals surface area (Å²) in [7, 11) is 0. The Balaban J connectivity index is 1.42. The minimum Gasteiger partial charge on any atom is -0.481 e. The maximum absolute atomic E-state index is 13.9. The molecule has 0 spiro atoms. The zero-order valence-corrected chi connectivity index (χ0v) is 29.5. The molecule has 0 radical (unpaired) electrons. The van der Waals surface area contributed by atoms with Gasteiger partial charge in [-0.3, -0.25) is 14.4 Å². The van der Waals surface area contributed by atoms with E-state index in [0.29, 0.717) is 42.7 Å². The molecule has 4 N–H and O–H groups in total. The number of hydrogen-bond acceptors (Lipinski definition) is 5. The smallest absolute Gasteiger partial charge is 0.309 e. The summed E-state index contributed by atoms with van der Waals surface area (Å²) in [5, 5.41) is 12.8. The van der Waals surface area contributed by atoms with Gasteiger partial charge in [-0.1, -0.05) is 46.8 Å². The predicted molar refractivity (Wildman–Crippen MR) is 177 cm³/mol. The molecule has 0 bridgehead atoms. The van der Waals surface area contributed by atoms with Crippen LogP contribution < -0.4 is 11.1 Å².